The molecular weight excluding hydrogens is 536 g/mol. The van der Waals surface area contributed by atoms with Crippen LogP contribution >= 0.6 is 0 Å². The average molecular weight is 579 g/mol. The van der Waals surface area contributed by atoms with Crippen molar-refractivity contribution in [2.24, 2.45) is 0 Å². The number of amides is 2. The van der Waals surface area contributed by atoms with Gasteiger partial charge in [-0.3, -0.25) is 14.4 Å². The molecule has 2 amide bonds. The number of ether oxygens (including phenoxy) is 3. The summed E-state index contributed by atoms with van der Waals surface area (Å²) in [7, 11) is 5.46. The average Bonchev–Trinajstić information content (AvgIpc) is 3.46. The molecular formula is C31H42N6O5. The van der Waals surface area contributed by atoms with Crippen LogP contribution in [0.15, 0.2) is 60.9 Å². The zero-order valence-corrected chi connectivity index (χ0v) is 25.1. The molecule has 0 saturated carbocycles. The van der Waals surface area contributed by atoms with Crippen LogP contribution in [0.5, 0.6) is 5.75 Å². The molecule has 2 aromatic carbocycles. The molecule has 0 bridgehead atoms. The Hall–Kier alpha value is -4.09. The molecule has 2 heterocycles. The molecule has 3 aromatic rings. The molecule has 0 aliphatic carbocycles. The van der Waals surface area contributed by atoms with Gasteiger partial charge in [0.1, 0.15) is 12.4 Å². The zero-order valence-electron chi connectivity index (χ0n) is 25.1. The minimum absolute atomic E-state index is 0.0198. The smallest absolute Gasteiger partial charge is 0.414 e. The van der Waals surface area contributed by atoms with Crippen molar-refractivity contribution in [1.82, 2.24) is 19.6 Å². The van der Waals surface area contributed by atoms with E-state index in [1.807, 2.05) is 66.1 Å². The molecule has 1 saturated heterocycles. The summed E-state index contributed by atoms with van der Waals surface area (Å²) < 4.78 is 17.9. The van der Waals surface area contributed by atoms with Crippen molar-refractivity contribution >= 4 is 23.4 Å². The standard InChI is InChI=1S/C31H42N6O5/c1-5-41-29-8-6-7-25(21-29)23-36-24-28(22-32-36)34-14-16-35(17-15-34)30(38)26-9-11-27(12-10-26)37(18-13-33(2)3)31(39)42-20-19-40-4/h6-12,21-22,24H,5,13-20,23H2,1-4H3. The molecule has 226 valence electrons. The van der Waals surface area contributed by atoms with E-state index in [0.29, 0.717) is 57.2 Å². The van der Waals surface area contributed by atoms with Gasteiger partial charge in [0.05, 0.1) is 31.6 Å². The van der Waals surface area contributed by atoms with E-state index in [4.69, 9.17) is 14.2 Å². The van der Waals surface area contributed by atoms with Gasteiger partial charge in [0, 0.05) is 63.8 Å². The van der Waals surface area contributed by atoms with E-state index in [1.165, 1.54) is 0 Å². The first-order chi connectivity index (χ1) is 20.4. The molecule has 0 unspecified atom stereocenters. The molecule has 0 N–H and O–H groups in total. The first-order valence-electron chi connectivity index (χ1n) is 14.3. The highest BCUT2D eigenvalue weighted by molar-refractivity contribution is 5.95. The molecule has 11 nitrogen and oxygen atoms in total. The van der Waals surface area contributed by atoms with Gasteiger partial charge in [-0.1, -0.05) is 12.1 Å². The summed E-state index contributed by atoms with van der Waals surface area (Å²) in [6.45, 7) is 7.59. The van der Waals surface area contributed by atoms with E-state index >= 15 is 0 Å². The lowest BCUT2D eigenvalue weighted by atomic mass is 10.1. The monoisotopic (exact) mass is 578 g/mol. The van der Waals surface area contributed by atoms with Gasteiger partial charge in [-0.05, 0) is 63.0 Å². The van der Waals surface area contributed by atoms with Gasteiger partial charge in [0.2, 0.25) is 0 Å². The summed E-state index contributed by atoms with van der Waals surface area (Å²) in [5.74, 6) is 0.841. The van der Waals surface area contributed by atoms with E-state index in [0.717, 1.165) is 30.1 Å². The number of carbonyl (C=O) groups is 2. The summed E-state index contributed by atoms with van der Waals surface area (Å²) >= 11 is 0. The number of anilines is 2. The normalized spacial score (nSPS) is 13.4. The van der Waals surface area contributed by atoms with Gasteiger partial charge in [-0.25, -0.2) is 4.79 Å². The maximum absolute atomic E-state index is 13.3. The fraction of sp³-hybridized carbons (Fsp3) is 0.452. The second-order valence-corrected chi connectivity index (χ2v) is 10.4. The van der Waals surface area contributed by atoms with Crippen molar-refractivity contribution in [2.45, 2.75) is 13.5 Å². The Morgan fingerprint density at radius 3 is 2.43 bits per heavy atom. The van der Waals surface area contributed by atoms with Crippen LogP contribution in [-0.4, -0.2) is 112 Å². The van der Waals surface area contributed by atoms with E-state index in [9.17, 15) is 9.59 Å². The number of piperazine rings is 1. The molecule has 1 aromatic heterocycles. The number of carbonyl (C=O) groups excluding carboxylic acids is 2. The van der Waals surface area contributed by atoms with Gasteiger partial charge in [0.25, 0.3) is 5.91 Å². The van der Waals surface area contributed by atoms with E-state index < -0.39 is 6.09 Å². The molecule has 1 aliphatic rings. The van der Waals surface area contributed by atoms with Gasteiger partial charge in [-0.15, -0.1) is 0 Å². The second kappa shape index (κ2) is 15.2. The Kier molecular flexibility index (Phi) is 11.2. The number of rotatable bonds is 13. The van der Waals surface area contributed by atoms with Crippen LogP contribution in [0.2, 0.25) is 0 Å². The van der Waals surface area contributed by atoms with Crippen LogP contribution in [0.4, 0.5) is 16.2 Å². The Labute approximate surface area is 248 Å². The number of nitrogens with zero attached hydrogens (tertiary/aromatic N) is 6. The van der Waals surface area contributed by atoms with Crippen molar-refractivity contribution in [1.29, 1.82) is 0 Å². The number of hydrogen-bond acceptors (Lipinski definition) is 8. The van der Waals surface area contributed by atoms with Crippen LogP contribution in [0.3, 0.4) is 0 Å². The van der Waals surface area contributed by atoms with Crippen molar-refractivity contribution in [3.05, 3.63) is 72.1 Å². The Morgan fingerprint density at radius 1 is 0.976 bits per heavy atom. The van der Waals surface area contributed by atoms with Crippen LogP contribution in [-0.2, 0) is 16.0 Å². The van der Waals surface area contributed by atoms with Crippen molar-refractivity contribution in [2.75, 3.05) is 90.1 Å². The SMILES string of the molecule is CCOc1cccc(Cn2cc(N3CCN(C(=O)c4ccc(N(CCN(C)C)C(=O)OCCOC)cc4)CC3)cn2)c1. The summed E-state index contributed by atoms with van der Waals surface area (Å²) in [5, 5.41) is 4.55. The topological polar surface area (TPSA) is 92.6 Å². The molecule has 0 atom stereocenters. The lowest BCUT2D eigenvalue weighted by Gasteiger charge is -2.35. The Balaban J connectivity index is 1.32. The van der Waals surface area contributed by atoms with E-state index in [1.54, 1.807) is 36.3 Å². The highest BCUT2D eigenvalue weighted by Gasteiger charge is 2.24. The van der Waals surface area contributed by atoms with Crippen molar-refractivity contribution < 1.29 is 23.8 Å². The number of aromatic nitrogens is 2. The fourth-order valence-corrected chi connectivity index (χ4v) is 4.74. The van der Waals surface area contributed by atoms with Crippen LogP contribution in [0, 0.1) is 0 Å². The second-order valence-electron chi connectivity index (χ2n) is 10.4. The third-order valence-corrected chi connectivity index (χ3v) is 7.04. The molecule has 0 spiro atoms. The summed E-state index contributed by atoms with van der Waals surface area (Å²) in [5.41, 5.74) is 3.44. The lowest BCUT2D eigenvalue weighted by molar-refractivity contribution is 0.0746. The number of benzene rings is 2. The largest absolute Gasteiger partial charge is 0.494 e. The Bertz CT molecular complexity index is 1290. The highest BCUT2D eigenvalue weighted by atomic mass is 16.6. The molecule has 1 fully saturated rings. The van der Waals surface area contributed by atoms with Gasteiger partial charge in [-0.2, -0.15) is 5.10 Å². The van der Waals surface area contributed by atoms with Crippen LogP contribution in [0.1, 0.15) is 22.8 Å². The number of hydrogen-bond donors (Lipinski definition) is 0. The van der Waals surface area contributed by atoms with Crippen LogP contribution in [0.25, 0.3) is 0 Å². The van der Waals surface area contributed by atoms with Gasteiger partial charge < -0.3 is 28.9 Å². The summed E-state index contributed by atoms with van der Waals surface area (Å²) in [4.78, 5) is 33.7. The first kappa shape index (κ1) is 30.9. The van der Waals surface area contributed by atoms with Gasteiger partial charge >= 0.3 is 6.09 Å². The lowest BCUT2D eigenvalue weighted by Crippen LogP contribution is -2.48. The number of likely N-dealkylation sites (N-methyl/N-ethyl adjacent to an activating group) is 1. The van der Waals surface area contributed by atoms with E-state index in [2.05, 4.69) is 16.1 Å². The fourth-order valence-electron chi connectivity index (χ4n) is 4.74. The Morgan fingerprint density at radius 2 is 1.74 bits per heavy atom. The molecule has 42 heavy (non-hydrogen) atoms. The van der Waals surface area contributed by atoms with Crippen molar-refractivity contribution in [3.8, 4) is 5.75 Å². The van der Waals surface area contributed by atoms with Crippen molar-refractivity contribution in [3.63, 3.8) is 0 Å². The zero-order chi connectivity index (χ0) is 29.9. The maximum Gasteiger partial charge on any atom is 0.414 e. The van der Waals surface area contributed by atoms with E-state index in [-0.39, 0.29) is 12.5 Å². The highest BCUT2D eigenvalue weighted by Crippen LogP contribution is 2.21. The predicted octanol–water partition coefficient (Wildman–Crippen LogP) is 3.44. The molecule has 1 aliphatic heterocycles. The molecule has 0 radical (unpaired) electrons. The third-order valence-electron chi connectivity index (χ3n) is 7.04. The van der Waals surface area contributed by atoms with Gasteiger partial charge in [0.15, 0.2) is 0 Å². The summed E-state index contributed by atoms with van der Waals surface area (Å²) in [6, 6.07) is 15.2. The number of methoxy groups -OCH3 is 1. The molecule has 4 rings (SSSR count). The first-order valence-corrected chi connectivity index (χ1v) is 14.3. The predicted molar refractivity (Wildman–Crippen MR) is 163 cm³/mol. The minimum Gasteiger partial charge on any atom is -0.494 e. The minimum atomic E-state index is -0.438. The molecule has 11 heteroatoms. The van der Waals surface area contributed by atoms with Crippen LogP contribution < -0.4 is 14.5 Å². The maximum atomic E-state index is 13.3. The summed E-state index contributed by atoms with van der Waals surface area (Å²) in [6.07, 6.45) is 3.49. The third kappa shape index (κ3) is 8.46. The quantitative estimate of drug-likeness (QED) is 0.285.